The van der Waals surface area contributed by atoms with Crippen molar-refractivity contribution < 1.29 is 0 Å². The van der Waals surface area contributed by atoms with Crippen LogP contribution in [-0.4, -0.2) is 19.5 Å². The molecule has 3 aromatic heterocycles. The van der Waals surface area contributed by atoms with E-state index in [1.54, 1.807) is 6.20 Å². The van der Waals surface area contributed by atoms with Crippen LogP contribution in [0, 0.1) is 13.8 Å². The zero-order valence-electron chi connectivity index (χ0n) is 19.2. The lowest BCUT2D eigenvalue weighted by atomic mass is 10.1. The van der Waals surface area contributed by atoms with Crippen LogP contribution in [0.15, 0.2) is 48.7 Å². The molecule has 2 N–H and O–H groups in total. The highest BCUT2D eigenvalue weighted by Crippen LogP contribution is 2.31. The van der Waals surface area contributed by atoms with Gasteiger partial charge in [-0.05, 0) is 61.7 Å². The average Bonchev–Trinajstić information content (AvgIpc) is 3.15. The van der Waals surface area contributed by atoms with E-state index in [0.717, 1.165) is 45.9 Å². The summed E-state index contributed by atoms with van der Waals surface area (Å²) in [5.74, 6) is 1.22. The monoisotopic (exact) mass is 403 g/mol. The van der Waals surface area contributed by atoms with E-state index >= 15 is 0 Å². The Kier molecular flexibility index (Phi) is 8.10. The summed E-state index contributed by atoms with van der Waals surface area (Å²) >= 11 is 0. The first-order valence-electron chi connectivity index (χ1n) is 10.8. The zero-order valence-corrected chi connectivity index (χ0v) is 19.2. The maximum atomic E-state index is 6.14. The highest BCUT2D eigenvalue weighted by atomic mass is 15.1. The Labute approximate surface area is 180 Å². The van der Waals surface area contributed by atoms with Gasteiger partial charge in [-0.15, -0.1) is 0 Å². The molecule has 0 radical (unpaired) electrons. The number of rotatable bonds is 3. The number of aryl methyl sites for hydroxylation is 3. The molecule has 0 saturated carbocycles. The van der Waals surface area contributed by atoms with E-state index in [0.29, 0.717) is 5.82 Å². The highest BCUT2D eigenvalue weighted by Gasteiger charge is 2.18. The smallest absolute Gasteiger partial charge is 0.165 e. The van der Waals surface area contributed by atoms with E-state index in [-0.39, 0.29) is 0 Å². The Hall–Kier alpha value is -3.21. The first-order valence-corrected chi connectivity index (χ1v) is 10.8. The van der Waals surface area contributed by atoms with Gasteiger partial charge in [-0.1, -0.05) is 46.8 Å². The quantitative estimate of drug-likeness (QED) is 0.436. The van der Waals surface area contributed by atoms with Gasteiger partial charge in [0.05, 0.1) is 5.56 Å². The number of aromatic nitrogens is 4. The topological polar surface area (TPSA) is 69.6 Å². The van der Waals surface area contributed by atoms with Crippen molar-refractivity contribution in [3.8, 4) is 17.1 Å². The van der Waals surface area contributed by atoms with Crippen LogP contribution in [-0.2, 0) is 6.42 Å². The van der Waals surface area contributed by atoms with Gasteiger partial charge >= 0.3 is 0 Å². The molecule has 0 unspecified atom stereocenters. The molecule has 3 heterocycles. The van der Waals surface area contributed by atoms with Crippen LogP contribution in [0.3, 0.4) is 0 Å². The van der Waals surface area contributed by atoms with E-state index in [9.17, 15) is 0 Å². The Bertz CT molecular complexity index is 1090. The summed E-state index contributed by atoms with van der Waals surface area (Å²) in [6.07, 6.45) is 2.69. The number of fused-ring (bicyclic) bond motifs is 1. The number of nitrogens with zero attached hydrogens (tertiary/aromatic N) is 4. The SMILES string of the molecule is CC.CC.CCc1ccc(-n2c(-c3cccnc3N)nc3cc(C)c(C)nc32)cc1. The summed E-state index contributed by atoms with van der Waals surface area (Å²) in [5, 5.41) is 0. The molecule has 4 rings (SSSR count). The summed E-state index contributed by atoms with van der Waals surface area (Å²) in [4.78, 5) is 13.9. The van der Waals surface area contributed by atoms with E-state index in [1.807, 2.05) is 46.8 Å². The third-order valence-corrected chi connectivity index (χ3v) is 4.76. The molecule has 0 spiro atoms. The van der Waals surface area contributed by atoms with Crippen LogP contribution in [0.25, 0.3) is 28.2 Å². The fraction of sp³-hybridized carbons (Fsp3) is 0.320. The lowest BCUT2D eigenvalue weighted by molar-refractivity contribution is 1.05. The lowest BCUT2D eigenvalue weighted by Gasteiger charge is -2.11. The van der Waals surface area contributed by atoms with Crippen molar-refractivity contribution in [2.45, 2.75) is 54.9 Å². The fourth-order valence-electron chi connectivity index (χ4n) is 3.10. The number of hydrogen-bond donors (Lipinski definition) is 1. The number of imidazole rings is 1. The molecule has 158 valence electrons. The predicted octanol–water partition coefficient (Wildman–Crippen LogP) is 6.30. The van der Waals surface area contributed by atoms with Crippen LogP contribution in [0.5, 0.6) is 0 Å². The van der Waals surface area contributed by atoms with Crippen molar-refractivity contribution in [2.75, 3.05) is 5.73 Å². The number of anilines is 1. The van der Waals surface area contributed by atoms with Crippen molar-refractivity contribution in [2.24, 2.45) is 0 Å². The van der Waals surface area contributed by atoms with Gasteiger partial charge in [0.15, 0.2) is 11.5 Å². The van der Waals surface area contributed by atoms with Crippen molar-refractivity contribution in [1.82, 2.24) is 19.5 Å². The van der Waals surface area contributed by atoms with Crippen molar-refractivity contribution in [1.29, 1.82) is 0 Å². The van der Waals surface area contributed by atoms with E-state index in [1.165, 1.54) is 5.56 Å². The number of pyridine rings is 2. The van der Waals surface area contributed by atoms with Crippen LogP contribution in [0.2, 0.25) is 0 Å². The molecule has 30 heavy (non-hydrogen) atoms. The molecule has 0 atom stereocenters. The second-order valence-corrected chi connectivity index (χ2v) is 6.46. The fourth-order valence-corrected chi connectivity index (χ4v) is 3.10. The van der Waals surface area contributed by atoms with Gasteiger partial charge in [-0.25, -0.2) is 15.0 Å². The lowest BCUT2D eigenvalue weighted by Crippen LogP contribution is -2.02. The third kappa shape index (κ3) is 4.51. The van der Waals surface area contributed by atoms with E-state index < -0.39 is 0 Å². The molecule has 0 aliphatic carbocycles. The van der Waals surface area contributed by atoms with Crippen LogP contribution in [0.4, 0.5) is 5.82 Å². The number of benzene rings is 1. The molecule has 5 heteroatoms. The second-order valence-electron chi connectivity index (χ2n) is 6.46. The first-order chi connectivity index (χ1) is 14.6. The second kappa shape index (κ2) is 10.5. The van der Waals surface area contributed by atoms with Gasteiger partial charge in [0.25, 0.3) is 0 Å². The van der Waals surface area contributed by atoms with Gasteiger partial charge in [0.1, 0.15) is 11.3 Å². The maximum Gasteiger partial charge on any atom is 0.165 e. The minimum absolute atomic E-state index is 0.461. The summed E-state index contributed by atoms with van der Waals surface area (Å²) < 4.78 is 2.06. The first kappa shape index (κ1) is 23.1. The molecule has 0 saturated heterocycles. The normalized spacial score (nSPS) is 10.1. The van der Waals surface area contributed by atoms with E-state index in [2.05, 4.69) is 53.7 Å². The predicted molar refractivity (Wildman–Crippen MR) is 128 cm³/mol. The van der Waals surface area contributed by atoms with E-state index in [4.69, 9.17) is 15.7 Å². The molecule has 0 aliphatic heterocycles. The van der Waals surface area contributed by atoms with Gasteiger partial charge < -0.3 is 5.73 Å². The van der Waals surface area contributed by atoms with Gasteiger partial charge in [-0.2, -0.15) is 0 Å². The average molecular weight is 404 g/mol. The standard InChI is InChI=1S/C21H21N5.2C2H6/c1-4-15-7-9-16(10-8-15)26-20(17-6-5-11-23-19(17)22)25-18-12-13(2)14(3)24-21(18)26;2*1-2/h5-12H,4H2,1-3H3,(H2,22,23);2*1-2H3. The van der Waals surface area contributed by atoms with Gasteiger partial charge in [-0.3, -0.25) is 4.57 Å². The zero-order chi connectivity index (χ0) is 22.3. The summed E-state index contributed by atoms with van der Waals surface area (Å²) in [7, 11) is 0. The van der Waals surface area contributed by atoms with Crippen LogP contribution in [0.1, 0.15) is 51.4 Å². The van der Waals surface area contributed by atoms with Crippen molar-refractivity contribution in [3.05, 3.63) is 65.5 Å². The molecule has 0 aliphatic rings. The van der Waals surface area contributed by atoms with Crippen LogP contribution < -0.4 is 5.73 Å². The van der Waals surface area contributed by atoms with Gasteiger partial charge in [0, 0.05) is 17.6 Å². The molecule has 0 fully saturated rings. The Balaban J connectivity index is 0.000000757. The highest BCUT2D eigenvalue weighted by molar-refractivity contribution is 5.83. The number of nitrogen functional groups attached to an aromatic ring is 1. The summed E-state index contributed by atoms with van der Waals surface area (Å²) in [6, 6.07) is 14.4. The minimum Gasteiger partial charge on any atom is -0.383 e. The number of hydrogen-bond acceptors (Lipinski definition) is 4. The Morgan fingerprint density at radius 1 is 0.933 bits per heavy atom. The molecule has 0 bridgehead atoms. The van der Waals surface area contributed by atoms with Crippen molar-refractivity contribution in [3.63, 3.8) is 0 Å². The summed E-state index contributed by atoms with van der Waals surface area (Å²) in [6.45, 7) is 14.2. The third-order valence-electron chi connectivity index (χ3n) is 4.76. The molecule has 0 amide bonds. The largest absolute Gasteiger partial charge is 0.383 e. The Morgan fingerprint density at radius 2 is 1.60 bits per heavy atom. The molecule has 4 aromatic rings. The number of nitrogens with two attached hydrogens (primary N) is 1. The Morgan fingerprint density at radius 3 is 2.20 bits per heavy atom. The maximum absolute atomic E-state index is 6.14. The molecular weight excluding hydrogens is 370 g/mol. The molecule has 1 aromatic carbocycles. The van der Waals surface area contributed by atoms with Crippen LogP contribution >= 0.6 is 0 Å². The minimum atomic E-state index is 0.461. The molecule has 5 nitrogen and oxygen atoms in total. The van der Waals surface area contributed by atoms with Crippen molar-refractivity contribution >= 4 is 17.0 Å². The summed E-state index contributed by atoms with van der Waals surface area (Å²) in [5.41, 5.74) is 13.0. The molecular formula is C25H33N5. The van der Waals surface area contributed by atoms with Gasteiger partial charge in [0.2, 0.25) is 0 Å².